The number of ketones is 1. The van der Waals surface area contributed by atoms with E-state index in [4.69, 9.17) is 14.6 Å². The highest BCUT2D eigenvalue weighted by Gasteiger charge is 2.30. The van der Waals surface area contributed by atoms with Crippen molar-refractivity contribution in [2.45, 2.75) is 32.4 Å². The number of nitrogens with zero attached hydrogens (tertiary/aromatic N) is 1. The molecule has 1 aliphatic rings. The molecule has 4 N–H and O–H groups in total. The van der Waals surface area contributed by atoms with Crippen molar-refractivity contribution < 1.29 is 48.1 Å². The summed E-state index contributed by atoms with van der Waals surface area (Å²) in [4.78, 5) is 86.5. The van der Waals surface area contributed by atoms with Crippen LogP contribution >= 0.6 is 0 Å². The summed E-state index contributed by atoms with van der Waals surface area (Å²) in [5.41, 5.74) is 0.220. The van der Waals surface area contributed by atoms with Gasteiger partial charge in [-0.2, -0.15) is 0 Å². The van der Waals surface area contributed by atoms with Crippen molar-refractivity contribution in [2.24, 2.45) is 0 Å². The molecule has 0 aromatic heterocycles. The first-order chi connectivity index (χ1) is 19.0. The summed E-state index contributed by atoms with van der Waals surface area (Å²) in [5.74, 6) is -4.91. The second kappa shape index (κ2) is 13.0. The quantitative estimate of drug-likeness (QED) is 0.160. The number of carboxylic acids is 1. The number of para-hydroxylation sites is 2. The first-order valence-corrected chi connectivity index (χ1v) is 11.9. The third-order valence-electron chi connectivity index (χ3n) is 5.54. The van der Waals surface area contributed by atoms with Gasteiger partial charge in [-0.3, -0.25) is 33.7 Å². The van der Waals surface area contributed by atoms with Crippen LogP contribution in [-0.2, 0) is 28.8 Å². The number of aliphatic carboxylic acids is 1. The average Bonchev–Trinajstić information content (AvgIpc) is 3.38. The Morgan fingerprint density at radius 2 is 1.73 bits per heavy atom. The highest BCUT2D eigenvalue weighted by molar-refractivity contribution is 6.43. The molecule has 2 aromatic rings. The third-order valence-corrected chi connectivity index (χ3v) is 5.54. The van der Waals surface area contributed by atoms with Crippen LogP contribution in [-0.4, -0.2) is 72.2 Å². The van der Waals surface area contributed by atoms with Crippen LogP contribution in [0.5, 0.6) is 11.5 Å². The molecule has 0 radical (unpaired) electrons. The molecule has 2 unspecified atom stereocenters. The summed E-state index contributed by atoms with van der Waals surface area (Å²) in [6.07, 6.45) is -0.436. The van der Waals surface area contributed by atoms with Gasteiger partial charge < -0.3 is 35.3 Å². The van der Waals surface area contributed by atoms with E-state index < -0.39 is 60.4 Å². The maximum Gasteiger partial charge on any atom is 0.305 e. The SMILES string of the molecule is CC(=O)Nc1ccccc1N(CC(=O)NC(C=O)CC(=O)O)C(=O)C(C)NC(=O)C(=O)c1ccc2c(c1)OCO2. The molecule has 4 amide bonds. The van der Waals surface area contributed by atoms with Crippen molar-refractivity contribution in [1.82, 2.24) is 10.6 Å². The summed E-state index contributed by atoms with van der Waals surface area (Å²) in [6, 6.07) is 7.46. The predicted octanol–water partition coefficient (Wildman–Crippen LogP) is 0.253. The van der Waals surface area contributed by atoms with Crippen LogP contribution in [0.2, 0.25) is 0 Å². The smallest absolute Gasteiger partial charge is 0.305 e. The van der Waals surface area contributed by atoms with E-state index in [2.05, 4.69) is 16.0 Å². The predicted molar refractivity (Wildman–Crippen MR) is 138 cm³/mol. The first-order valence-electron chi connectivity index (χ1n) is 11.9. The molecule has 2 aromatic carbocycles. The number of hydrogen-bond acceptors (Lipinski definition) is 9. The van der Waals surface area contributed by atoms with Gasteiger partial charge in [-0.15, -0.1) is 0 Å². The topological polar surface area (TPSA) is 198 Å². The lowest BCUT2D eigenvalue weighted by molar-refractivity contribution is -0.139. The average molecular weight is 555 g/mol. The lowest BCUT2D eigenvalue weighted by Crippen LogP contribution is -2.52. The molecule has 40 heavy (non-hydrogen) atoms. The number of benzene rings is 2. The van der Waals surface area contributed by atoms with Crippen LogP contribution in [0.25, 0.3) is 0 Å². The largest absolute Gasteiger partial charge is 0.481 e. The van der Waals surface area contributed by atoms with Crippen molar-refractivity contribution >= 4 is 53.0 Å². The van der Waals surface area contributed by atoms with Crippen molar-refractivity contribution in [1.29, 1.82) is 0 Å². The Hall–Kier alpha value is -5.27. The molecule has 0 spiro atoms. The van der Waals surface area contributed by atoms with E-state index in [1.165, 1.54) is 50.2 Å². The fourth-order valence-corrected chi connectivity index (χ4v) is 3.73. The van der Waals surface area contributed by atoms with Gasteiger partial charge in [-0.1, -0.05) is 12.1 Å². The van der Waals surface area contributed by atoms with Gasteiger partial charge in [0, 0.05) is 12.5 Å². The number of rotatable bonds is 12. The van der Waals surface area contributed by atoms with Crippen LogP contribution in [0.4, 0.5) is 11.4 Å². The summed E-state index contributed by atoms with van der Waals surface area (Å²) in [7, 11) is 0. The molecule has 0 fully saturated rings. The van der Waals surface area contributed by atoms with Crippen molar-refractivity contribution in [3.8, 4) is 11.5 Å². The normalized spacial score (nSPS) is 12.8. The van der Waals surface area contributed by atoms with Gasteiger partial charge in [-0.25, -0.2) is 0 Å². The second-order valence-electron chi connectivity index (χ2n) is 8.62. The van der Waals surface area contributed by atoms with Gasteiger partial charge in [0.05, 0.1) is 23.8 Å². The van der Waals surface area contributed by atoms with Gasteiger partial charge >= 0.3 is 5.97 Å². The number of anilines is 2. The summed E-state index contributed by atoms with van der Waals surface area (Å²) in [5, 5.41) is 16.0. The van der Waals surface area contributed by atoms with E-state index >= 15 is 0 Å². The highest BCUT2D eigenvalue weighted by atomic mass is 16.7. The van der Waals surface area contributed by atoms with E-state index in [9.17, 15) is 33.6 Å². The number of carbonyl (C=O) groups is 7. The monoisotopic (exact) mass is 554 g/mol. The molecular weight excluding hydrogens is 528 g/mol. The number of hydrogen-bond donors (Lipinski definition) is 4. The fraction of sp³-hybridized carbons (Fsp3) is 0.269. The number of ether oxygens (including phenoxy) is 2. The van der Waals surface area contributed by atoms with Crippen LogP contribution in [0.1, 0.15) is 30.6 Å². The second-order valence-corrected chi connectivity index (χ2v) is 8.62. The van der Waals surface area contributed by atoms with Crippen LogP contribution < -0.4 is 30.3 Å². The zero-order chi connectivity index (χ0) is 29.4. The number of aldehydes is 1. The van der Waals surface area contributed by atoms with Crippen molar-refractivity contribution in [3.63, 3.8) is 0 Å². The Morgan fingerprint density at radius 3 is 2.40 bits per heavy atom. The zero-order valence-corrected chi connectivity index (χ0v) is 21.5. The molecule has 1 aliphatic heterocycles. The molecule has 2 atom stereocenters. The Morgan fingerprint density at radius 1 is 1.02 bits per heavy atom. The highest BCUT2D eigenvalue weighted by Crippen LogP contribution is 2.32. The first kappa shape index (κ1) is 29.3. The number of carboxylic acid groups (broad SMARTS) is 1. The Labute approximate surface area is 227 Å². The van der Waals surface area contributed by atoms with E-state index in [1.807, 2.05) is 0 Å². The minimum Gasteiger partial charge on any atom is -0.481 e. The number of carbonyl (C=O) groups excluding carboxylic acids is 6. The van der Waals surface area contributed by atoms with Gasteiger partial charge in [-0.05, 0) is 37.3 Å². The van der Waals surface area contributed by atoms with Crippen molar-refractivity contribution in [3.05, 3.63) is 48.0 Å². The van der Waals surface area contributed by atoms with Crippen LogP contribution in [0.15, 0.2) is 42.5 Å². The summed E-state index contributed by atoms with van der Waals surface area (Å²) < 4.78 is 10.4. The molecule has 210 valence electrons. The summed E-state index contributed by atoms with van der Waals surface area (Å²) in [6.45, 7) is 1.78. The molecule has 14 nitrogen and oxygen atoms in total. The Bertz CT molecular complexity index is 1360. The van der Waals surface area contributed by atoms with Crippen molar-refractivity contribution in [2.75, 3.05) is 23.6 Å². The molecule has 0 aliphatic carbocycles. The summed E-state index contributed by atoms with van der Waals surface area (Å²) >= 11 is 0. The van der Waals surface area contributed by atoms with E-state index in [0.717, 1.165) is 4.90 Å². The van der Waals surface area contributed by atoms with E-state index in [0.29, 0.717) is 5.75 Å². The number of amides is 4. The van der Waals surface area contributed by atoms with Gasteiger partial charge in [0.1, 0.15) is 18.9 Å². The third kappa shape index (κ3) is 7.40. The van der Waals surface area contributed by atoms with E-state index in [-0.39, 0.29) is 35.8 Å². The molecule has 0 bridgehead atoms. The van der Waals surface area contributed by atoms with E-state index in [1.54, 1.807) is 6.07 Å². The molecule has 1 heterocycles. The number of Topliss-reactive ketones (excluding diaryl/α,β-unsaturated/α-hetero) is 1. The number of nitrogens with one attached hydrogen (secondary N) is 3. The Balaban J connectivity index is 1.82. The molecule has 3 rings (SSSR count). The lowest BCUT2D eigenvalue weighted by Gasteiger charge is -2.28. The molecule has 0 saturated heterocycles. The van der Waals surface area contributed by atoms with Gasteiger partial charge in [0.2, 0.25) is 30.3 Å². The Kier molecular flexibility index (Phi) is 9.52. The maximum absolute atomic E-state index is 13.5. The standard InChI is InChI=1S/C26H26N4O10/c1-14(27-25(37)24(36)16-7-8-20-21(9-16)40-13-39-20)26(38)30(11-22(33)29-17(12-31)10-23(34)35)19-6-4-3-5-18(19)28-15(2)32/h3-9,12,14,17H,10-11,13H2,1-2H3,(H,27,37)(H,28,32)(H,29,33)(H,34,35). The van der Waals surface area contributed by atoms with Crippen LogP contribution in [0, 0.1) is 0 Å². The fourth-order valence-electron chi connectivity index (χ4n) is 3.73. The van der Waals surface area contributed by atoms with Crippen LogP contribution in [0.3, 0.4) is 0 Å². The maximum atomic E-state index is 13.5. The number of fused-ring (bicyclic) bond motifs is 1. The molecule has 0 saturated carbocycles. The van der Waals surface area contributed by atoms with Gasteiger partial charge in [0.25, 0.3) is 5.91 Å². The zero-order valence-electron chi connectivity index (χ0n) is 21.5. The van der Waals surface area contributed by atoms with Gasteiger partial charge in [0.15, 0.2) is 11.5 Å². The minimum absolute atomic E-state index is 0.00743. The molecular formula is C26H26N4O10. The lowest BCUT2D eigenvalue weighted by atomic mass is 10.1. The molecule has 14 heteroatoms. The minimum atomic E-state index is -1.36.